The second-order valence-corrected chi connectivity index (χ2v) is 5.42. The zero-order chi connectivity index (χ0) is 22.3. The summed E-state index contributed by atoms with van der Waals surface area (Å²) in [5.74, 6) is -0.00489. The molecule has 28 heavy (non-hydrogen) atoms. The Hall–Kier alpha value is -2.86. The van der Waals surface area contributed by atoms with Crippen molar-refractivity contribution in [2.45, 2.75) is 54.0 Å². The standard InChI is InChI=1S/C10H13NO2.C8H9NO2.2C2H6/c1-7(12)10(11)6-8-2-4-9(13)5-3-8;1-5(10)7-4-6(9)2-3-8(7)11;2*1-2/h2-5,10,13H,6,11H2,1H3;2-4,11H,9H2,1H3;2*1-2H3/t10-;;;/m0.../s1. The largest absolute Gasteiger partial charge is 0.508 e. The van der Waals surface area contributed by atoms with Crippen LogP contribution in [0, 0.1) is 0 Å². The first-order valence-electron chi connectivity index (χ1n) is 9.34. The molecule has 0 radical (unpaired) electrons. The number of carbonyl (C=O) groups excluding carboxylic acids is 2. The summed E-state index contributed by atoms with van der Waals surface area (Å²) in [6.07, 6.45) is 0.523. The van der Waals surface area contributed by atoms with Crippen molar-refractivity contribution in [2.75, 3.05) is 5.73 Å². The Kier molecular flexibility index (Phi) is 14.9. The number of hydrogen-bond acceptors (Lipinski definition) is 6. The van der Waals surface area contributed by atoms with Gasteiger partial charge in [0.1, 0.15) is 17.3 Å². The molecule has 0 unspecified atom stereocenters. The Balaban J connectivity index is 0. The average molecular weight is 391 g/mol. The van der Waals surface area contributed by atoms with Crippen molar-refractivity contribution >= 4 is 17.3 Å². The molecule has 0 spiro atoms. The first kappa shape index (κ1) is 27.4. The molecule has 0 aliphatic rings. The predicted molar refractivity (Wildman–Crippen MR) is 116 cm³/mol. The van der Waals surface area contributed by atoms with Crippen LogP contribution in [-0.4, -0.2) is 27.8 Å². The van der Waals surface area contributed by atoms with E-state index < -0.39 is 6.04 Å². The fraction of sp³-hybridized carbons (Fsp3) is 0.364. The highest BCUT2D eigenvalue weighted by Crippen LogP contribution is 2.19. The number of carbonyl (C=O) groups is 2. The summed E-state index contributed by atoms with van der Waals surface area (Å²) in [5, 5.41) is 18.1. The second-order valence-electron chi connectivity index (χ2n) is 5.42. The SMILES string of the molecule is CC.CC.CC(=O)[C@@H](N)Cc1ccc(O)cc1.CC(=O)c1cc(N)ccc1O. The Morgan fingerprint density at radius 1 is 0.929 bits per heavy atom. The summed E-state index contributed by atoms with van der Waals surface area (Å²) in [6.45, 7) is 10.9. The van der Waals surface area contributed by atoms with Crippen molar-refractivity contribution in [3.63, 3.8) is 0 Å². The van der Waals surface area contributed by atoms with E-state index in [2.05, 4.69) is 0 Å². The third-order valence-electron chi connectivity index (χ3n) is 3.31. The molecule has 0 aliphatic carbocycles. The van der Waals surface area contributed by atoms with Gasteiger partial charge in [0.2, 0.25) is 0 Å². The number of Topliss-reactive ketones (excluding diaryl/α,β-unsaturated/α-hetero) is 2. The van der Waals surface area contributed by atoms with Crippen molar-refractivity contribution in [3.8, 4) is 11.5 Å². The fourth-order valence-electron chi connectivity index (χ4n) is 1.87. The Labute approximate surface area is 168 Å². The summed E-state index contributed by atoms with van der Waals surface area (Å²) in [5.41, 5.74) is 12.7. The molecular weight excluding hydrogens is 356 g/mol. The first-order valence-corrected chi connectivity index (χ1v) is 9.34. The van der Waals surface area contributed by atoms with Gasteiger partial charge in [0, 0.05) is 5.69 Å². The Morgan fingerprint density at radius 3 is 1.82 bits per heavy atom. The summed E-state index contributed by atoms with van der Waals surface area (Å²) in [4.78, 5) is 21.6. The highest BCUT2D eigenvalue weighted by molar-refractivity contribution is 5.97. The highest BCUT2D eigenvalue weighted by Gasteiger charge is 2.08. The lowest BCUT2D eigenvalue weighted by molar-refractivity contribution is -0.118. The highest BCUT2D eigenvalue weighted by atomic mass is 16.3. The van der Waals surface area contributed by atoms with Gasteiger partial charge in [-0.1, -0.05) is 39.8 Å². The molecule has 0 saturated carbocycles. The number of phenols is 2. The number of nitrogen functional groups attached to an aromatic ring is 1. The van der Waals surface area contributed by atoms with Gasteiger partial charge in [-0.2, -0.15) is 0 Å². The van der Waals surface area contributed by atoms with Gasteiger partial charge in [0.25, 0.3) is 0 Å². The van der Waals surface area contributed by atoms with E-state index in [4.69, 9.17) is 21.7 Å². The summed E-state index contributed by atoms with van der Waals surface area (Å²) >= 11 is 0. The molecule has 6 nitrogen and oxygen atoms in total. The number of rotatable bonds is 4. The molecule has 0 heterocycles. The van der Waals surface area contributed by atoms with E-state index in [-0.39, 0.29) is 28.6 Å². The summed E-state index contributed by atoms with van der Waals surface area (Å²) in [6, 6.07) is 10.7. The molecule has 6 N–H and O–H groups in total. The van der Waals surface area contributed by atoms with Crippen molar-refractivity contribution in [2.24, 2.45) is 5.73 Å². The van der Waals surface area contributed by atoms with E-state index in [0.717, 1.165) is 5.56 Å². The minimum absolute atomic E-state index is 0.0203. The Bertz CT molecular complexity index is 713. The molecule has 0 fully saturated rings. The predicted octanol–water partition coefficient (Wildman–Crippen LogP) is 4.08. The van der Waals surface area contributed by atoms with Crippen molar-refractivity contribution < 1.29 is 19.8 Å². The van der Waals surface area contributed by atoms with E-state index in [0.29, 0.717) is 12.1 Å². The van der Waals surface area contributed by atoms with Crippen LogP contribution < -0.4 is 11.5 Å². The van der Waals surface area contributed by atoms with Crippen LogP contribution in [0.5, 0.6) is 11.5 Å². The molecule has 0 saturated heterocycles. The van der Waals surface area contributed by atoms with Crippen LogP contribution in [0.15, 0.2) is 42.5 Å². The van der Waals surface area contributed by atoms with E-state index >= 15 is 0 Å². The number of nitrogens with two attached hydrogens (primary N) is 2. The molecule has 2 aromatic rings. The topological polar surface area (TPSA) is 127 Å². The normalized spacial score (nSPS) is 9.96. The van der Waals surface area contributed by atoms with E-state index in [1.54, 1.807) is 30.3 Å². The second kappa shape index (κ2) is 15.2. The summed E-state index contributed by atoms with van der Waals surface area (Å²) in [7, 11) is 0. The first-order chi connectivity index (χ1) is 13.2. The van der Waals surface area contributed by atoms with Gasteiger partial charge in [-0.15, -0.1) is 0 Å². The molecular formula is C22H34N2O4. The lowest BCUT2D eigenvalue weighted by Gasteiger charge is -2.07. The molecule has 6 heteroatoms. The number of anilines is 1. The van der Waals surface area contributed by atoms with E-state index in [1.165, 1.54) is 26.0 Å². The third-order valence-corrected chi connectivity index (χ3v) is 3.31. The van der Waals surface area contributed by atoms with Crippen LogP contribution in [0.1, 0.15) is 57.5 Å². The van der Waals surface area contributed by atoms with Crippen molar-refractivity contribution in [1.29, 1.82) is 0 Å². The maximum Gasteiger partial charge on any atom is 0.163 e. The van der Waals surface area contributed by atoms with Gasteiger partial charge in [-0.25, -0.2) is 0 Å². The Morgan fingerprint density at radius 2 is 1.43 bits per heavy atom. The van der Waals surface area contributed by atoms with Crippen LogP contribution >= 0.6 is 0 Å². The van der Waals surface area contributed by atoms with Gasteiger partial charge in [-0.3, -0.25) is 9.59 Å². The zero-order valence-corrected chi connectivity index (χ0v) is 17.7. The zero-order valence-electron chi connectivity index (χ0n) is 17.7. The van der Waals surface area contributed by atoms with Gasteiger partial charge < -0.3 is 21.7 Å². The molecule has 156 valence electrons. The quantitative estimate of drug-likeness (QED) is 0.354. The van der Waals surface area contributed by atoms with Crippen LogP contribution in [0.4, 0.5) is 5.69 Å². The number of hydrogen-bond donors (Lipinski definition) is 4. The number of ketones is 2. The minimum atomic E-state index is -0.440. The van der Waals surface area contributed by atoms with Gasteiger partial charge in [0.15, 0.2) is 5.78 Å². The number of benzene rings is 2. The molecule has 0 bridgehead atoms. The van der Waals surface area contributed by atoms with Crippen molar-refractivity contribution in [1.82, 2.24) is 0 Å². The van der Waals surface area contributed by atoms with Gasteiger partial charge >= 0.3 is 0 Å². The number of aromatic hydroxyl groups is 2. The minimum Gasteiger partial charge on any atom is -0.508 e. The van der Waals surface area contributed by atoms with Crippen LogP contribution in [0.2, 0.25) is 0 Å². The van der Waals surface area contributed by atoms with E-state index in [1.807, 2.05) is 27.7 Å². The average Bonchev–Trinajstić information content (AvgIpc) is 2.69. The molecule has 2 rings (SSSR count). The van der Waals surface area contributed by atoms with E-state index in [9.17, 15) is 9.59 Å². The maximum absolute atomic E-state index is 10.8. The van der Waals surface area contributed by atoms with Crippen LogP contribution in [-0.2, 0) is 11.2 Å². The maximum atomic E-state index is 10.8. The smallest absolute Gasteiger partial charge is 0.163 e. The monoisotopic (exact) mass is 390 g/mol. The van der Waals surface area contributed by atoms with Crippen LogP contribution in [0.25, 0.3) is 0 Å². The molecule has 0 aliphatic heterocycles. The van der Waals surface area contributed by atoms with Crippen LogP contribution in [0.3, 0.4) is 0 Å². The van der Waals surface area contributed by atoms with Crippen molar-refractivity contribution in [3.05, 3.63) is 53.6 Å². The molecule has 2 aromatic carbocycles. The number of phenolic OH excluding ortho intramolecular Hbond substituents is 2. The molecule has 0 amide bonds. The molecule has 1 atom stereocenters. The fourth-order valence-corrected chi connectivity index (χ4v) is 1.87. The summed E-state index contributed by atoms with van der Waals surface area (Å²) < 4.78 is 0. The third kappa shape index (κ3) is 11.0. The lowest BCUT2D eigenvalue weighted by Crippen LogP contribution is -2.30. The van der Waals surface area contributed by atoms with Gasteiger partial charge in [-0.05, 0) is 56.2 Å². The van der Waals surface area contributed by atoms with Gasteiger partial charge in [0.05, 0.1) is 11.6 Å². The lowest BCUT2D eigenvalue weighted by atomic mass is 10.0. The molecule has 0 aromatic heterocycles.